The zero-order valence-corrected chi connectivity index (χ0v) is 20.0. The van der Waals surface area contributed by atoms with Gasteiger partial charge in [0.15, 0.2) is 21.3 Å². The summed E-state index contributed by atoms with van der Waals surface area (Å²) in [5, 5.41) is 7.12. The van der Waals surface area contributed by atoms with Gasteiger partial charge >= 0.3 is 5.97 Å². The van der Waals surface area contributed by atoms with Crippen LogP contribution in [0.5, 0.6) is 0 Å². The van der Waals surface area contributed by atoms with E-state index in [-0.39, 0.29) is 22.9 Å². The van der Waals surface area contributed by atoms with Crippen LogP contribution in [0, 0.1) is 0 Å². The molecule has 1 N–H and O–H groups in total. The van der Waals surface area contributed by atoms with Crippen LogP contribution in [0.2, 0.25) is 0 Å². The van der Waals surface area contributed by atoms with Crippen LogP contribution in [-0.2, 0) is 27.4 Å². The van der Waals surface area contributed by atoms with Crippen molar-refractivity contribution < 1.29 is 27.3 Å². The maximum atomic E-state index is 12.9. The summed E-state index contributed by atoms with van der Waals surface area (Å²) >= 11 is 1.40. The number of carbonyl (C=O) groups excluding carboxylic acids is 2. The molecule has 33 heavy (non-hydrogen) atoms. The van der Waals surface area contributed by atoms with Crippen LogP contribution in [0.3, 0.4) is 0 Å². The molecule has 0 atom stereocenters. The quantitative estimate of drug-likeness (QED) is 0.487. The van der Waals surface area contributed by atoms with Gasteiger partial charge in [-0.2, -0.15) is 0 Å². The van der Waals surface area contributed by atoms with Crippen molar-refractivity contribution in [1.29, 1.82) is 0 Å². The van der Waals surface area contributed by atoms with E-state index in [1.807, 2.05) is 0 Å². The number of aromatic nitrogens is 1. The van der Waals surface area contributed by atoms with Crippen molar-refractivity contribution in [3.05, 3.63) is 52.0 Å². The highest BCUT2D eigenvalue weighted by Crippen LogP contribution is 2.39. The van der Waals surface area contributed by atoms with Crippen molar-refractivity contribution in [2.75, 3.05) is 17.7 Å². The van der Waals surface area contributed by atoms with E-state index >= 15 is 0 Å². The Morgan fingerprint density at radius 1 is 1.15 bits per heavy atom. The van der Waals surface area contributed by atoms with Crippen LogP contribution < -0.4 is 5.32 Å². The van der Waals surface area contributed by atoms with Gasteiger partial charge in [-0.15, -0.1) is 11.3 Å². The number of ether oxygens (including phenoxy) is 1. The van der Waals surface area contributed by atoms with Crippen LogP contribution in [0.1, 0.15) is 58.0 Å². The first-order valence-corrected chi connectivity index (χ1v) is 13.2. The van der Waals surface area contributed by atoms with Gasteiger partial charge in [-0.3, -0.25) is 4.79 Å². The summed E-state index contributed by atoms with van der Waals surface area (Å²) in [7, 11) is -3.30. The van der Waals surface area contributed by atoms with Crippen LogP contribution in [0.15, 0.2) is 39.8 Å². The van der Waals surface area contributed by atoms with Crippen molar-refractivity contribution in [3.63, 3.8) is 0 Å². The highest BCUT2D eigenvalue weighted by molar-refractivity contribution is 7.91. The number of rotatable bonds is 7. The Morgan fingerprint density at radius 2 is 1.88 bits per heavy atom. The fraction of sp³-hybridized carbons (Fsp3) is 0.348. The second kappa shape index (κ2) is 9.48. The van der Waals surface area contributed by atoms with E-state index in [1.54, 1.807) is 26.0 Å². The number of sulfone groups is 1. The SMILES string of the molecule is CCOC(=O)c1c(NC(=O)c2cc(-c3ccc(S(=O)(=O)CC)cc3)on2)sc2c1CCCC2. The molecular weight excluding hydrogens is 464 g/mol. The molecule has 174 valence electrons. The molecule has 0 fully saturated rings. The molecule has 10 heteroatoms. The molecule has 1 aliphatic carbocycles. The Bertz CT molecular complexity index is 1290. The molecule has 8 nitrogen and oxygen atoms in total. The number of aryl methyl sites for hydroxylation is 1. The minimum absolute atomic E-state index is 0.0128. The van der Waals surface area contributed by atoms with Crippen molar-refractivity contribution in [2.45, 2.75) is 44.4 Å². The number of carbonyl (C=O) groups is 2. The first kappa shape index (κ1) is 23.2. The Kier molecular flexibility index (Phi) is 6.66. The lowest BCUT2D eigenvalue weighted by Crippen LogP contribution is -2.16. The maximum Gasteiger partial charge on any atom is 0.341 e. The summed E-state index contributed by atoms with van der Waals surface area (Å²) < 4.78 is 34.5. The van der Waals surface area contributed by atoms with Crippen molar-refractivity contribution in [1.82, 2.24) is 5.16 Å². The number of benzene rings is 1. The third-order valence-electron chi connectivity index (χ3n) is 5.50. The summed E-state index contributed by atoms with van der Waals surface area (Å²) in [5.74, 6) is -0.593. The lowest BCUT2D eigenvalue weighted by atomic mass is 9.95. The van der Waals surface area contributed by atoms with Gasteiger partial charge in [0.05, 0.1) is 22.8 Å². The summed E-state index contributed by atoms with van der Waals surface area (Å²) in [6.07, 6.45) is 3.70. The van der Waals surface area contributed by atoms with Crippen molar-refractivity contribution >= 4 is 38.1 Å². The van der Waals surface area contributed by atoms with Crippen molar-refractivity contribution in [3.8, 4) is 11.3 Å². The third-order valence-corrected chi connectivity index (χ3v) is 8.46. The number of hydrogen-bond acceptors (Lipinski definition) is 8. The fourth-order valence-electron chi connectivity index (χ4n) is 3.75. The van der Waals surface area contributed by atoms with Gasteiger partial charge in [-0.05, 0) is 62.4 Å². The standard InChI is InChI=1S/C23H24N2O6S2/c1-3-30-23(27)20-16-7-5-6-8-19(16)32-22(20)24-21(26)17-13-18(31-25-17)14-9-11-15(12-10-14)33(28,29)4-2/h9-13H,3-8H2,1-2H3,(H,24,26). The van der Waals surface area contributed by atoms with E-state index in [4.69, 9.17) is 9.26 Å². The molecule has 0 aliphatic heterocycles. The first-order valence-electron chi connectivity index (χ1n) is 10.8. The summed E-state index contributed by atoms with van der Waals surface area (Å²) in [6.45, 7) is 3.58. The molecule has 1 aromatic carbocycles. The number of thiophene rings is 1. The molecule has 2 heterocycles. The Labute approximate surface area is 195 Å². The van der Waals surface area contributed by atoms with E-state index in [1.165, 1.54) is 29.5 Å². The predicted octanol–water partition coefficient (Wildman–Crippen LogP) is 4.50. The molecule has 0 saturated carbocycles. The van der Waals surface area contributed by atoms with Crippen LogP contribution >= 0.6 is 11.3 Å². The molecule has 0 bridgehead atoms. The number of esters is 1. The monoisotopic (exact) mass is 488 g/mol. The predicted molar refractivity (Wildman–Crippen MR) is 125 cm³/mol. The molecule has 0 radical (unpaired) electrons. The third kappa shape index (κ3) is 4.72. The Hall–Kier alpha value is -2.98. The molecule has 1 amide bonds. The molecule has 0 unspecified atom stereocenters. The topological polar surface area (TPSA) is 116 Å². The van der Waals surface area contributed by atoms with Gasteiger partial charge in [0, 0.05) is 16.5 Å². The summed E-state index contributed by atoms with van der Waals surface area (Å²) in [6, 6.07) is 7.69. The smallest absolute Gasteiger partial charge is 0.341 e. The van der Waals surface area contributed by atoms with Gasteiger partial charge in [0.1, 0.15) is 5.00 Å². The molecule has 1 aliphatic rings. The molecule has 0 spiro atoms. The zero-order valence-electron chi connectivity index (χ0n) is 18.3. The van der Waals surface area contributed by atoms with E-state index < -0.39 is 21.7 Å². The van der Waals surface area contributed by atoms with E-state index in [2.05, 4.69) is 10.5 Å². The average Bonchev–Trinajstić information content (AvgIpc) is 3.44. The van der Waals surface area contributed by atoms with Gasteiger partial charge in [0.2, 0.25) is 0 Å². The van der Waals surface area contributed by atoms with Gasteiger partial charge in [-0.25, -0.2) is 13.2 Å². The fourth-order valence-corrected chi connectivity index (χ4v) is 5.91. The number of fused-ring (bicyclic) bond motifs is 1. The average molecular weight is 489 g/mol. The van der Waals surface area contributed by atoms with Gasteiger partial charge < -0.3 is 14.6 Å². The second-order valence-electron chi connectivity index (χ2n) is 7.59. The number of nitrogens with one attached hydrogen (secondary N) is 1. The second-order valence-corrected chi connectivity index (χ2v) is 11.0. The van der Waals surface area contributed by atoms with E-state index in [0.717, 1.165) is 36.1 Å². The van der Waals surface area contributed by atoms with E-state index in [0.29, 0.717) is 21.9 Å². The lowest BCUT2D eigenvalue weighted by molar-refractivity contribution is 0.0526. The summed E-state index contributed by atoms with van der Waals surface area (Å²) in [5.41, 5.74) is 2.04. The number of amides is 1. The summed E-state index contributed by atoms with van der Waals surface area (Å²) in [4.78, 5) is 26.8. The highest BCUT2D eigenvalue weighted by Gasteiger charge is 2.28. The number of hydrogen-bond donors (Lipinski definition) is 1. The molecule has 4 rings (SSSR count). The molecular formula is C23H24N2O6S2. The molecule has 2 aromatic heterocycles. The molecule has 0 saturated heterocycles. The minimum atomic E-state index is -3.30. The van der Waals surface area contributed by atoms with Gasteiger partial charge in [-0.1, -0.05) is 12.1 Å². The maximum absolute atomic E-state index is 12.9. The lowest BCUT2D eigenvalue weighted by Gasteiger charge is -2.12. The zero-order chi connectivity index (χ0) is 23.6. The Morgan fingerprint density at radius 3 is 2.58 bits per heavy atom. The molecule has 3 aromatic rings. The minimum Gasteiger partial charge on any atom is -0.462 e. The van der Waals surface area contributed by atoms with Crippen LogP contribution in [0.25, 0.3) is 11.3 Å². The van der Waals surface area contributed by atoms with Crippen LogP contribution in [0.4, 0.5) is 5.00 Å². The normalized spacial score (nSPS) is 13.4. The first-order chi connectivity index (χ1) is 15.8. The van der Waals surface area contributed by atoms with Crippen LogP contribution in [-0.4, -0.2) is 37.8 Å². The van der Waals surface area contributed by atoms with E-state index in [9.17, 15) is 18.0 Å². The Balaban J connectivity index is 1.56. The largest absolute Gasteiger partial charge is 0.462 e. The van der Waals surface area contributed by atoms with Crippen molar-refractivity contribution in [2.24, 2.45) is 0 Å². The number of anilines is 1. The number of nitrogens with zero attached hydrogens (tertiary/aromatic N) is 1. The highest BCUT2D eigenvalue weighted by atomic mass is 32.2. The van der Waals surface area contributed by atoms with Gasteiger partial charge in [0.25, 0.3) is 5.91 Å².